The van der Waals surface area contributed by atoms with Crippen LogP contribution in [0.2, 0.25) is 0 Å². The van der Waals surface area contributed by atoms with Crippen LogP contribution >= 0.6 is 28.1 Å². The van der Waals surface area contributed by atoms with Gasteiger partial charge in [-0.2, -0.15) is 0 Å². The van der Waals surface area contributed by atoms with Crippen LogP contribution in [0.15, 0.2) is 22.7 Å². The van der Waals surface area contributed by atoms with Gasteiger partial charge in [0.05, 0.1) is 12.1 Å². The van der Waals surface area contributed by atoms with Gasteiger partial charge in [-0.05, 0) is 31.0 Å². The Morgan fingerprint density at radius 3 is 2.79 bits per heavy atom. The smallest absolute Gasteiger partial charge is 0.106 e. The third-order valence-electron chi connectivity index (χ3n) is 3.57. The second kappa shape index (κ2) is 6.68. The molecule has 1 saturated carbocycles. The Morgan fingerprint density at radius 2 is 2.05 bits per heavy atom. The lowest BCUT2D eigenvalue weighted by Gasteiger charge is -2.24. The summed E-state index contributed by atoms with van der Waals surface area (Å²) >= 11 is 8.51. The summed E-state index contributed by atoms with van der Waals surface area (Å²) in [7, 11) is 0. The lowest BCUT2D eigenvalue weighted by molar-refractivity contribution is 0.144. The van der Waals surface area contributed by atoms with Crippen molar-refractivity contribution in [1.82, 2.24) is 0 Å². The number of nitrogens with one attached hydrogen (secondary N) is 1. The molecule has 1 aromatic rings. The minimum absolute atomic E-state index is 0.0803. The molecule has 1 aliphatic rings. The molecule has 0 bridgehead atoms. The van der Waals surface area contributed by atoms with E-state index in [0.29, 0.717) is 4.99 Å². The third-order valence-corrected chi connectivity index (χ3v) is 4.28. The van der Waals surface area contributed by atoms with Crippen LogP contribution in [0, 0.1) is 0 Å². The number of thiocarbonyl (C=S) groups is 1. The van der Waals surface area contributed by atoms with Gasteiger partial charge in [0.1, 0.15) is 4.99 Å². The maximum absolute atomic E-state index is 10.2. The first-order chi connectivity index (χ1) is 9.08. The highest BCUT2D eigenvalue weighted by Gasteiger charge is 2.22. The van der Waals surface area contributed by atoms with Crippen molar-refractivity contribution in [2.75, 3.05) is 5.32 Å². The first kappa shape index (κ1) is 14.8. The summed E-state index contributed by atoms with van der Waals surface area (Å²) < 4.78 is 0.947. The maximum Gasteiger partial charge on any atom is 0.106 e. The molecule has 0 saturated heterocycles. The highest BCUT2D eigenvalue weighted by Crippen LogP contribution is 2.26. The van der Waals surface area contributed by atoms with E-state index in [1.807, 2.05) is 18.2 Å². The zero-order chi connectivity index (χ0) is 13.8. The van der Waals surface area contributed by atoms with Crippen molar-refractivity contribution in [1.29, 1.82) is 0 Å². The third kappa shape index (κ3) is 3.91. The minimum Gasteiger partial charge on any atom is -0.391 e. The minimum atomic E-state index is -0.301. The fourth-order valence-corrected chi connectivity index (χ4v) is 3.03. The number of anilines is 1. The second-order valence-corrected chi connectivity index (χ2v) is 6.37. The van der Waals surface area contributed by atoms with Crippen LogP contribution in [-0.2, 0) is 0 Å². The van der Waals surface area contributed by atoms with E-state index in [2.05, 4.69) is 21.2 Å². The van der Waals surface area contributed by atoms with E-state index in [-0.39, 0.29) is 12.1 Å². The number of halogens is 1. The molecule has 1 aromatic carbocycles. The van der Waals surface area contributed by atoms with E-state index in [4.69, 9.17) is 18.0 Å². The first-order valence-corrected chi connectivity index (χ1v) is 7.82. The SMILES string of the molecule is NC(=S)c1cc(Br)ccc1NC1CCCCCC1O. The summed E-state index contributed by atoms with van der Waals surface area (Å²) in [4.78, 5) is 0.368. The lowest BCUT2D eigenvalue weighted by Crippen LogP contribution is -2.33. The van der Waals surface area contributed by atoms with Gasteiger partial charge in [-0.25, -0.2) is 0 Å². The summed E-state index contributed by atoms with van der Waals surface area (Å²) in [6.07, 6.45) is 4.98. The van der Waals surface area contributed by atoms with Crippen molar-refractivity contribution in [3.63, 3.8) is 0 Å². The van der Waals surface area contributed by atoms with Crippen molar-refractivity contribution in [3.8, 4) is 0 Å². The van der Waals surface area contributed by atoms with Gasteiger partial charge < -0.3 is 16.2 Å². The van der Waals surface area contributed by atoms with Crippen molar-refractivity contribution >= 4 is 38.8 Å². The topological polar surface area (TPSA) is 58.3 Å². The molecule has 2 rings (SSSR count). The molecular formula is C14H19BrN2OS. The molecule has 5 heteroatoms. The highest BCUT2D eigenvalue weighted by molar-refractivity contribution is 9.10. The van der Waals surface area contributed by atoms with E-state index in [9.17, 15) is 5.11 Å². The van der Waals surface area contributed by atoms with Crippen LogP contribution < -0.4 is 11.1 Å². The van der Waals surface area contributed by atoms with Crippen molar-refractivity contribution in [2.45, 2.75) is 44.2 Å². The molecule has 1 aliphatic carbocycles. The highest BCUT2D eigenvalue weighted by atomic mass is 79.9. The number of hydrogen-bond donors (Lipinski definition) is 3. The van der Waals surface area contributed by atoms with Gasteiger partial charge >= 0.3 is 0 Å². The molecule has 0 heterocycles. The molecular weight excluding hydrogens is 324 g/mol. The summed E-state index contributed by atoms with van der Waals surface area (Å²) in [6.45, 7) is 0. The number of nitrogens with two attached hydrogens (primary N) is 1. The second-order valence-electron chi connectivity index (χ2n) is 5.01. The van der Waals surface area contributed by atoms with Crippen molar-refractivity contribution in [2.24, 2.45) is 5.73 Å². The van der Waals surface area contributed by atoms with E-state index in [1.54, 1.807) is 0 Å². The van der Waals surface area contributed by atoms with Gasteiger partial charge in [0.15, 0.2) is 0 Å². The zero-order valence-corrected chi connectivity index (χ0v) is 13.1. The molecule has 0 aromatic heterocycles. The van der Waals surface area contributed by atoms with Crippen LogP contribution in [0.5, 0.6) is 0 Å². The normalized spacial score (nSPS) is 23.7. The lowest BCUT2D eigenvalue weighted by atomic mass is 10.0. The van der Waals surface area contributed by atoms with Gasteiger partial charge in [0.2, 0.25) is 0 Å². The average Bonchev–Trinajstić information content (AvgIpc) is 2.57. The zero-order valence-electron chi connectivity index (χ0n) is 10.7. The quantitative estimate of drug-likeness (QED) is 0.583. The van der Waals surface area contributed by atoms with Crippen LogP contribution in [0.4, 0.5) is 5.69 Å². The number of aliphatic hydroxyl groups is 1. The molecule has 3 nitrogen and oxygen atoms in total. The van der Waals surface area contributed by atoms with E-state index >= 15 is 0 Å². The van der Waals surface area contributed by atoms with Crippen molar-refractivity contribution in [3.05, 3.63) is 28.2 Å². The Morgan fingerprint density at radius 1 is 1.32 bits per heavy atom. The van der Waals surface area contributed by atoms with Crippen LogP contribution in [-0.4, -0.2) is 22.2 Å². The monoisotopic (exact) mass is 342 g/mol. The molecule has 1 fully saturated rings. The molecule has 0 amide bonds. The van der Waals surface area contributed by atoms with Crippen LogP contribution in [0.1, 0.15) is 37.7 Å². The number of hydrogen-bond acceptors (Lipinski definition) is 3. The van der Waals surface area contributed by atoms with E-state index in [0.717, 1.165) is 41.4 Å². The van der Waals surface area contributed by atoms with E-state index in [1.165, 1.54) is 6.42 Å². The molecule has 0 spiro atoms. The van der Waals surface area contributed by atoms with Gasteiger partial charge in [-0.3, -0.25) is 0 Å². The molecule has 0 aliphatic heterocycles. The molecule has 2 unspecified atom stereocenters. The summed E-state index contributed by atoms with van der Waals surface area (Å²) in [6, 6.07) is 5.90. The number of rotatable bonds is 3. The molecule has 104 valence electrons. The Balaban J connectivity index is 2.19. The number of aliphatic hydroxyl groups excluding tert-OH is 1. The molecule has 19 heavy (non-hydrogen) atoms. The van der Waals surface area contributed by atoms with Gasteiger partial charge in [-0.15, -0.1) is 0 Å². The fourth-order valence-electron chi connectivity index (χ4n) is 2.50. The Hall–Kier alpha value is -0.650. The summed E-state index contributed by atoms with van der Waals surface area (Å²) in [5.74, 6) is 0. The summed E-state index contributed by atoms with van der Waals surface area (Å²) in [5.41, 5.74) is 7.49. The Bertz CT molecular complexity index is 467. The van der Waals surface area contributed by atoms with E-state index < -0.39 is 0 Å². The standard InChI is InChI=1S/C14H19BrN2OS/c15-9-6-7-11(10(8-9)14(16)19)17-12-4-2-1-3-5-13(12)18/h6-8,12-13,17-18H,1-5H2,(H2,16,19). The molecule has 2 atom stereocenters. The van der Waals surface area contributed by atoms with Crippen LogP contribution in [0.25, 0.3) is 0 Å². The fraction of sp³-hybridized carbons (Fsp3) is 0.500. The molecule has 4 N–H and O–H groups in total. The Labute approximate surface area is 127 Å². The Kier molecular flexibility index (Phi) is 5.19. The van der Waals surface area contributed by atoms with Crippen LogP contribution in [0.3, 0.4) is 0 Å². The first-order valence-electron chi connectivity index (χ1n) is 6.62. The number of benzene rings is 1. The van der Waals surface area contributed by atoms with Gasteiger partial charge in [-0.1, -0.05) is 47.4 Å². The summed E-state index contributed by atoms with van der Waals surface area (Å²) in [5, 5.41) is 13.6. The predicted octanol–water partition coefficient (Wildman–Crippen LogP) is 3.19. The predicted molar refractivity (Wildman–Crippen MR) is 86.5 cm³/mol. The van der Waals surface area contributed by atoms with Gasteiger partial charge in [0, 0.05) is 15.7 Å². The van der Waals surface area contributed by atoms with Gasteiger partial charge in [0.25, 0.3) is 0 Å². The maximum atomic E-state index is 10.2. The average molecular weight is 343 g/mol. The largest absolute Gasteiger partial charge is 0.391 e. The molecule has 0 radical (unpaired) electrons. The van der Waals surface area contributed by atoms with Crippen molar-refractivity contribution < 1.29 is 5.11 Å².